The Balaban J connectivity index is 1.28. The molecule has 1 atom stereocenters. The zero-order valence-corrected chi connectivity index (χ0v) is 19.2. The summed E-state index contributed by atoms with van der Waals surface area (Å²) >= 11 is 0. The quantitative estimate of drug-likeness (QED) is 0.256. The molecule has 36 heavy (non-hydrogen) atoms. The van der Waals surface area contributed by atoms with Crippen LogP contribution in [0.1, 0.15) is 12.8 Å². The first kappa shape index (κ1) is 20.7. The van der Waals surface area contributed by atoms with E-state index in [-0.39, 0.29) is 0 Å². The minimum Gasteiger partial charge on any atom is -0.374 e. The van der Waals surface area contributed by atoms with Crippen LogP contribution in [0.25, 0.3) is 55.7 Å². The number of aromatic amines is 2. The highest BCUT2D eigenvalue weighted by Gasteiger charge is 2.29. The van der Waals surface area contributed by atoms with Gasteiger partial charge in [0.25, 0.3) is 0 Å². The van der Waals surface area contributed by atoms with Gasteiger partial charge in [0.05, 0.1) is 23.3 Å². The molecule has 1 aliphatic rings. The SMILES string of the molecule is OC(Nc1cncc(-c2cnc3n[nH]c(-c4cc5c(-c6cccnc6)ccnc5[nH]4)c3c2)c1)C1CC1. The van der Waals surface area contributed by atoms with Gasteiger partial charge in [-0.15, -0.1) is 0 Å². The Labute approximate surface area is 205 Å². The van der Waals surface area contributed by atoms with E-state index in [2.05, 4.69) is 52.6 Å². The summed E-state index contributed by atoms with van der Waals surface area (Å²) < 4.78 is 0. The normalized spacial score (nSPS) is 14.4. The fourth-order valence-corrected chi connectivity index (χ4v) is 4.58. The van der Waals surface area contributed by atoms with E-state index in [9.17, 15) is 5.11 Å². The van der Waals surface area contributed by atoms with Gasteiger partial charge in [0, 0.05) is 64.4 Å². The van der Waals surface area contributed by atoms with E-state index in [0.29, 0.717) is 11.6 Å². The maximum Gasteiger partial charge on any atom is 0.181 e. The third kappa shape index (κ3) is 3.66. The van der Waals surface area contributed by atoms with Crippen molar-refractivity contribution in [2.24, 2.45) is 5.92 Å². The van der Waals surface area contributed by atoms with Gasteiger partial charge in [-0.3, -0.25) is 15.1 Å². The highest BCUT2D eigenvalue weighted by atomic mass is 16.3. The first-order chi connectivity index (χ1) is 17.7. The van der Waals surface area contributed by atoms with Crippen molar-refractivity contribution in [1.82, 2.24) is 35.1 Å². The van der Waals surface area contributed by atoms with Crippen LogP contribution in [-0.2, 0) is 0 Å². The predicted octanol–water partition coefficient (Wildman–Crippen LogP) is 4.77. The number of nitrogens with zero attached hydrogens (tertiary/aromatic N) is 5. The number of hydrogen-bond donors (Lipinski definition) is 4. The Morgan fingerprint density at radius 1 is 0.889 bits per heavy atom. The van der Waals surface area contributed by atoms with Crippen LogP contribution in [0, 0.1) is 5.92 Å². The van der Waals surface area contributed by atoms with Crippen molar-refractivity contribution in [2.45, 2.75) is 19.1 Å². The van der Waals surface area contributed by atoms with E-state index >= 15 is 0 Å². The number of aliphatic hydroxyl groups excluding tert-OH is 1. The lowest BCUT2D eigenvalue weighted by atomic mass is 10.0. The Morgan fingerprint density at radius 2 is 1.78 bits per heavy atom. The van der Waals surface area contributed by atoms with Crippen LogP contribution in [0.2, 0.25) is 0 Å². The van der Waals surface area contributed by atoms with Crippen molar-refractivity contribution in [3.05, 3.63) is 73.6 Å². The number of anilines is 1. The average molecular weight is 475 g/mol. The van der Waals surface area contributed by atoms with Crippen LogP contribution in [0.15, 0.2) is 73.6 Å². The Kier molecular flexibility index (Phi) is 4.74. The third-order valence-electron chi connectivity index (χ3n) is 6.64. The van der Waals surface area contributed by atoms with Crippen LogP contribution < -0.4 is 5.32 Å². The summed E-state index contributed by atoms with van der Waals surface area (Å²) in [6.45, 7) is 0. The minimum atomic E-state index is -0.546. The first-order valence-electron chi connectivity index (χ1n) is 11.9. The molecular weight excluding hydrogens is 452 g/mol. The summed E-state index contributed by atoms with van der Waals surface area (Å²) in [4.78, 5) is 21.2. The number of aromatic nitrogens is 7. The summed E-state index contributed by atoms with van der Waals surface area (Å²) in [7, 11) is 0. The molecule has 0 aliphatic heterocycles. The third-order valence-corrected chi connectivity index (χ3v) is 6.64. The molecule has 176 valence electrons. The Morgan fingerprint density at radius 3 is 2.64 bits per heavy atom. The minimum absolute atomic E-state index is 0.324. The molecule has 1 aliphatic carbocycles. The van der Waals surface area contributed by atoms with Crippen molar-refractivity contribution >= 4 is 27.8 Å². The largest absolute Gasteiger partial charge is 0.374 e. The molecule has 6 aromatic rings. The van der Waals surface area contributed by atoms with Crippen LogP contribution in [-0.4, -0.2) is 46.5 Å². The molecule has 1 unspecified atom stereocenters. The fraction of sp³-hybridized carbons (Fsp3) is 0.148. The summed E-state index contributed by atoms with van der Waals surface area (Å²) in [6.07, 6.45) is 12.3. The average Bonchev–Trinajstić information content (AvgIpc) is 3.55. The van der Waals surface area contributed by atoms with Crippen LogP contribution in [0.5, 0.6) is 0 Å². The second-order valence-electron chi connectivity index (χ2n) is 9.13. The number of fused-ring (bicyclic) bond motifs is 2. The van der Waals surface area contributed by atoms with Crippen LogP contribution in [0.4, 0.5) is 5.69 Å². The van der Waals surface area contributed by atoms with Gasteiger partial charge in [0.2, 0.25) is 0 Å². The van der Waals surface area contributed by atoms with Crippen molar-refractivity contribution in [1.29, 1.82) is 0 Å². The molecule has 6 aromatic heterocycles. The molecule has 4 N–H and O–H groups in total. The van der Waals surface area contributed by atoms with Crippen LogP contribution >= 0.6 is 0 Å². The molecule has 7 rings (SSSR count). The number of nitrogens with one attached hydrogen (secondary N) is 3. The summed E-state index contributed by atoms with van der Waals surface area (Å²) in [6, 6.07) is 12.1. The van der Waals surface area contributed by atoms with E-state index in [0.717, 1.165) is 68.6 Å². The van der Waals surface area contributed by atoms with E-state index in [4.69, 9.17) is 0 Å². The van der Waals surface area contributed by atoms with Crippen LogP contribution in [0.3, 0.4) is 0 Å². The number of pyridine rings is 4. The Hall–Kier alpha value is -4.63. The predicted molar refractivity (Wildman–Crippen MR) is 138 cm³/mol. The topological polar surface area (TPSA) is 128 Å². The second kappa shape index (κ2) is 8.24. The van der Waals surface area contributed by atoms with E-state index in [1.807, 2.05) is 30.5 Å². The lowest BCUT2D eigenvalue weighted by molar-refractivity contribution is 0.180. The molecular formula is C27H22N8O. The monoisotopic (exact) mass is 474 g/mol. The molecule has 0 amide bonds. The molecule has 0 spiro atoms. The zero-order valence-electron chi connectivity index (χ0n) is 19.2. The van der Waals surface area contributed by atoms with E-state index in [1.54, 1.807) is 31.0 Å². The van der Waals surface area contributed by atoms with Gasteiger partial charge < -0.3 is 15.4 Å². The van der Waals surface area contributed by atoms with Gasteiger partial charge in [-0.2, -0.15) is 5.10 Å². The molecule has 0 saturated heterocycles. The van der Waals surface area contributed by atoms with Gasteiger partial charge in [-0.1, -0.05) is 6.07 Å². The standard InChI is InChI=1S/C27H22N8O/c36-27(15-3-4-15)32-19-8-17(12-29-14-19)18-9-22-24(34-35-26(22)31-13-18)23-10-21-20(5-7-30-25(21)33-23)16-2-1-6-28-11-16/h1-2,5-15,27,32,36H,3-4H2,(H,30,33)(H,31,34,35). The molecule has 1 saturated carbocycles. The zero-order chi connectivity index (χ0) is 24.1. The van der Waals surface area contributed by atoms with Gasteiger partial charge in [-0.25, -0.2) is 9.97 Å². The molecule has 6 heterocycles. The fourth-order valence-electron chi connectivity index (χ4n) is 4.58. The van der Waals surface area contributed by atoms with E-state index in [1.165, 1.54) is 0 Å². The van der Waals surface area contributed by atoms with Gasteiger partial charge in [-0.05, 0) is 48.7 Å². The highest BCUT2D eigenvalue weighted by molar-refractivity contribution is 5.99. The smallest absolute Gasteiger partial charge is 0.181 e. The number of aliphatic hydroxyl groups is 1. The maximum atomic E-state index is 10.3. The van der Waals surface area contributed by atoms with Crippen molar-refractivity contribution in [2.75, 3.05) is 5.32 Å². The van der Waals surface area contributed by atoms with Crippen molar-refractivity contribution in [3.63, 3.8) is 0 Å². The number of rotatable bonds is 6. The van der Waals surface area contributed by atoms with Crippen molar-refractivity contribution in [3.8, 4) is 33.6 Å². The van der Waals surface area contributed by atoms with Gasteiger partial charge >= 0.3 is 0 Å². The van der Waals surface area contributed by atoms with Gasteiger partial charge in [0.1, 0.15) is 11.9 Å². The molecule has 0 bridgehead atoms. The highest BCUT2D eigenvalue weighted by Crippen LogP contribution is 2.35. The molecule has 9 heteroatoms. The molecule has 0 aromatic carbocycles. The summed E-state index contributed by atoms with van der Waals surface area (Å²) in [5, 5.41) is 22.9. The molecule has 1 fully saturated rings. The molecule has 0 radical (unpaired) electrons. The Bertz CT molecular complexity index is 1700. The van der Waals surface area contributed by atoms with Crippen molar-refractivity contribution < 1.29 is 5.11 Å². The van der Waals surface area contributed by atoms with Gasteiger partial charge in [0.15, 0.2) is 5.65 Å². The number of hydrogen-bond acceptors (Lipinski definition) is 7. The molecule has 9 nitrogen and oxygen atoms in total. The second-order valence-corrected chi connectivity index (χ2v) is 9.13. The maximum absolute atomic E-state index is 10.3. The number of H-pyrrole nitrogens is 2. The summed E-state index contributed by atoms with van der Waals surface area (Å²) in [5.41, 5.74) is 7.80. The first-order valence-corrected chi connectivity index (χ1v) is 11.9. The van der Waals surface area contributed by atoms with E-state index < -0.39 is 6.23 Å². The lowest BCUT2D eigenvalue weighted by Crippen LogP contribution is -2.20. The lowest BCUT2D eigenvalue weighted by Gasteiger charge is -2.13. The summed E-state index contributed by atoms with van der Waals surface area (Å²) in [5.74, 6) is 0.324.